The minimum absolute atomic E-state index is 0.385. The fraction of sp³-hybridized carbons (Fsp3) is 0.174. The summed E-state index contributed by atoms with van der Waals surface area (Å²) in [5.74, 6) is 1.64. The molecule has 1 aliphatic rings. The van der Waals surface area contributed by atoms with Crippen molar-refractivity contribution in [2.45, 2.75) is 12.5 Å². The lowest BCUT2D eigenvalue weighted by Crippen LogP contribution is -2.46. The molecule has 9 heteroatoms. The first-order chi connectivity index (χ1) is 15.7. The molecule has 4 aromatic rings. The number of hydrogen-bond acceptors (Lipinski definition) is 8. The number of nitrogens with one attached hydrogen (secondary N) is 1. The van der Waals surface area contributed by atoms with Crippen LogP contribution in [0.15, 0.2) is 71.6 Å². The van der Waals surface area contributed by atoms with Gasteiger partial charge < -0.3 is 14.6 Å². The molecule has 0 bridgehead atoms. The van der Waals surface area contributed by atoms with Crippen LogP contribution in [0.5, 0.6) is 5.75 Å². The molecule has 0 radical (unpaired) electrons. The molecule has 1 aromatic carbocycles. The zero-order chi connectivity index (χ0) is 22.2. The van der Waals surface area contributed by atoms with Crippen LogP contribution in [0.4, 0.5) is 0 Å². The van der Waals surface area contributed by atoms with Crippen molar-refractivity contribution in [1.29, 1.82) is 5.26 Å². The van der Waals surface area contributed by atoms with Gasteiger partial charge in [0.2, 0.25) is 5.82 Å². The van der Waals surface area contributed by atoms with E-state index in [9.17, 15) is 0 Å². The number of nitrogens with zero attached hydrogens (tertiary/aromatic N) is 5. The Bertz CT molecular complexity index is 1190. The Labute approximate surface area is 189 Å². The summed E-state index contributed by atoms with van der Waals surface area (Å²) in [7, 11) is 0. The van der Waals surface area contributed by atoms with Crippen LogP contribution in [0.1, 0.15) is 12.0 Å². The molecule has 5 rings (SSSR count). The minimum atomic E-state index is 0.385. The second-order valence-corrected chi connectivity index (χ2v) is 7.31. The first-order valence-corrected chi connectivity index (χ1v) is 10.3. The van der Waals surface area contributed by atoms with E-state index in [4.69, 9.17) is 26.1 Å². The minimum Gasteiger partial charge on any atom is -0.490 e. The van der Waals surface area contributed by atoms with Gasteiger partial charge in [-0.2, -0.15) is 10.2 Å². The lowest BCUT2D eigenvalue weighted by Gasteiger charge is -2.27. The molecule has 4 heterocycles. The summed E-state index contributed by atoms with van der Waals surface area (Å²) in [6.07, 6.45) is 6.18. The monoisotopic (exact) mass is 446 g/mol. The molecular formula is C23H19ClN6O2. The Hall–Kier alpha value is -3.80. The molecule has 0 saturated carbocycles. The number of hydrogen-bond donors (Lipinski definition) is 1. The summed E-state index contributed by atoms with van der Waals surface area (Å²) in [5.41, 5.74) is 2.06. The van der Waals surface area contributed by atoms with Gasteiger partial charge in [-0.05, 0) is 55.4 Å². The molecular weight excluding hydrogens is 428 g/mol. The maximum Gasteiger partial charge on any atom is 0.258 e. The third-order valence-electron chi connectivity index (χ3n) is 4.66. The molecule has 8 nitrogen and oxygen atoms in total. The zero-order valence-corrected chi connectivity index (χ0v) is 17.7. The van der Waals surface area contributed by atoms with Gasteiger partial charge in [-0.25, -0.2) is 4.98 Å². The zero-order valence-electron chi connectivity index (χ0n) is 17.0. The van der Waals surface area contributed by atoms with Crippen molar-refractivity contribution in [3.63, 3.8) is 0 Å². The number of nitriles is 1. The summed E-state index contributed by atoms with van der Waals surface area (Å²) in [5, 5.41) is 16.5. The average molecular weight is 447 g/mol. The summed E-state index contributed by atoms with van der Waals surface area (Å²) in [6, 6.07) is 16.8. The largest absolute Gasteiger partial charge is 0.490 e. The molecule has 1 saturated heterocycles. The van der Waals surface area contributed by atoms with Crippen LogP contribution in [0.25, 0.3) is 22.8 Å². The molecule has 1 fully saturated rings. The molecule has 1 aliphatic heterocycles. The van der Waals surface area contributed by atoms with E-state index in [1.165, 1.54) is 6.42 Å². The van der Waals surface area contributed by atoms with E-state index in [2.05, 4.69) is 31.5 Å². The van der Waals surface area contributed by atoms with E-state index < -0.39 is 0 Å². The number of aromatic nitrogens is 4. The van der Waals surface area contributed by atoms with Crippen LogP contribution in [0.3, 0.4) is 0 Å². The van der Waals surface area contributed by atoms with Crippen molar-refractivity contribution in [3.8, 4) is 34.7 Å². The molecule has 0 unspecified atom stereocenters. The second-order valence-electron chi connectivity index (χ2n) is 6.92. The molecule has 1 N–H and O–H groups in total. The molecule has 3 aromatic heterocycles. The highest BCUT2D eigenvalue weighted by Gasteiger charge is 2.16. The second kappa shape index (κ2) is 10.5. The van der Waals surface area contributed by atoms with Crippen molar-refractivity contribution in [2.24, 2.45) is 0 Å². The topological polar surface area (TPSA) is 110 Å². The van der Waals surface area contributed by atoms with E-state index in [-0.39, 0.29) is 0 Å². The van der Waals surface area contributed by atoms with Crippen molar-refractivity contribution in [1.82, 2.24) is 25.4 Å². The summed E-state index contributed by atoms with van der Waals surface area (Å²) >= 11 is 5.63. The van der Waals surface area contributed by atoms with Gasteiger partial charge in [-0.3, -0.25) is 4.98 Å². The van der Waals surface area contributed by atoms with Gasteiger partial charge in [0.1, 0.15) is 17.5 Å². The van der Waals surface area contributed by atoms with Crippen molar-refractivity contribution in [3.05, 3.63) is 77.8 Å². The number of ether oxygens (including phenoxy) is 1. The van der Waals surface area contributed by atoms with Gasteiger partial charge in [0, 0.05) is 29.6 Å². The van der Waals surface area contributed by atoms with Crippen LogP contribution in [-0.4, -0.2) is 39.3 Å². The predicted molar refractivity (Wildman–Crippen MR) is 119 cm³/mol. The van der Waals surface area contributed by atoms with Crippen LogP contribution in [-0.2, 0) is 0 Å². The van der Waals surface area contributed by atoms with Crippen molar-refractivity contribution < 1.29 is 9.26 Å². The molecule has 1 atom stereocenters. The van der Waals surface area contributed by atoms with Crippen LogP contribution in [0, 0.1) is 11.3 Å². The lowest BCUT2D eigenvalue weighted by atomic mass is 10.1. The van der Waals surface area contributed by atoms with Crippen LogP contribution >= 0.6 is 11.6 Å². The highest BCUT2D eigenvalue weighted by atomic mass is 35.5. The van der Waals surface area contributed by atoms with Crippen LogP contribution in [0.2, 0.25) is 5.15 Å². The molecule has 0 aliphatic carbocycles. The van der Waals surface area contributed by atoms with Gasteiger partial charge in [-0.1, -0.05) is 22.8 Å². The summed E-state index contributed by atoms with van der Waals surface area (Å²) < 4.78 is 10.7. The predicted octanol–water partition coefficient (Wildman–Crippen LogP) is 4.15. The first kappa shape index (κ1) is 21.4. The van der Waals surface area contributed by atoms with E-state index in [1.807, 2.05) is 24.3 Å². The molecule has 0 spiro atoms. The van der Waals surface area contributed by atoms with E-state index in [1.54, 1.807) is 42.9 Å². The highest BCUT2D eigenvalue weighted by Crippen LogP contribution is 2.22. The average Bonchev–Trinajstić information content (AvgIpc) is 3.31. The Morgan fingerprint density at radius 1 is 1.16 bits per heavy atom. The molecule has 160 valence electrons. The van der Waals surface area contributed by atoms with Gasteiger partial charge in [0.25, 0.3) is 5.89 Å². The maximum atomic E-state index is 8.87. The molecule has 32 heavy (non-hydrogen) atoms. The van der Waals surface area contributed by atoms with Gasteiger partial charge >= 0.3 is 0 Å². The Balaban J connectivity index is 0.000000165. The van der Waals surface area contributed by atoms with Crippen LogP contribution < -0.4 is 10.1 Å². The molecule has 0 amide bonds. The summed E-state index contributed by atoms with van der Waals surface area (Å²) in [6.45, 7) is 1.82. The standard InChI is InChI=1S/C14H8N4O.C9H11ClN2O/c15-8-10-3-1-4-11(7-10)14-17-13(18-19-14)12-5-2-6-16-9-12;10-9-2-1-8(5-12-9)13-6-7-3-4-11-7/h1-7,9H;1-2,5,7,11H,3-4,6H2/t;7-/m.1/s1. The number of pyridine rings is 2. The first-order valence-electron chi connectivity index (χ1n) is 9.93. The normalized spacial score (nSPS) is 14.4. The maximum absolute atomic E-state index is 8.87. The number of halogens is 1. The van der Waals surface area contributed by atoms with E-state index >= 15 is 0 Å². The Morgan fingerprint density at radius 2 is 2.03 bits per heavy atom. The number of benzene rings is 1. The quantitative estimate of drug-likeness (QED) is 0.455. The third kappa shape index (κ3) is 5.66. The van der Waals surface area contributed by atoms with Gasteiger partial charge in [0.15, 0.2) is 0 Å². The van der Waals surface area contributed by atoms with Gasteiger partial charge in [-0.15, -0.1) is 0 Å². The highest BCUT2D eigenvalue weighted by molar-refractivity contribution is 6.29. The third-order valence-corrected chi connectivity index (χ3v) is 4.89. The van der Waals surface area contributed by atoms with E-state index in [0.717, 1.165) is 23.4 Å². The number of rotatable bonds is 5. The van der Waals surface area contributed by atoms with E-state index in [0.29, 0.717) is 35.1 Å². The van der Waals surface area contributed by atoms with Crippen molar-refractivity contribution >= 4 is 11.6 Å². The Kier molecular flexibility index (Phi) is 7.02. The van der Waals surface area contributed by atoms with Crippen molar-refractivity contribution in [2.75, 3.05) is 13.2 Å². The SMILES string of the molecule is Clc1ccc(OC[C@H]2CCN2)cn1.N#Cc1cccc(-c2nc(-c3cccnc3)no2)c1. The van der Waals surface area contributed by atoms with Gasteiger partial charge in [0.05, 0.1) is 17.8 Å². The lowest BCUT2D eigenvalue weighted by molar-refractivity contribution is 0.217. The smallest absolute Gasteiger partial charge is 0.258 e. The summed E-state index contributed by atoms with van der Waals surface area (Å²) in [4.78, 5) is 12.2. The fourth-order valence-corrected chi connectivity index (χ4v) is 2.92. The Morgan fingerprint density at radius 3 is 2.72 bits per heavy atom. The fourth-order valence-electron chi connectivity index (χ4n) is 2.81.